The number of halogens is 2. The van der Waals surface area contributed by atoms with E-state index in [1.165, 1.54) is 12.8 Å². The summed E-state index contributed by atoms with van der Waals surface area (Å²) in [5, 5.41) is 3.78. The average Bonchev–Trinajstić information content (AvgIpc) is 3.08. The zero-order valence-corrected chi connectivity index (χ0v) is 19.9. The molecule has 32 heavy (non-hydrogen) atoms. The van der Waals surface area contributed by atoms with E-state index < -0.39 is 6.04 Å². The van der Waals surface area contributed by atoms with Crippen LogP contribution >= 0.6 is 23.2 Å². The van der Waals surface area contributed by atoms with Crippen molar-refractivity contribution in [1.82, 2.24) is 10.2 Å². The number of alkyl halides is 1. The highest BCUT2D eigenvalue weighted by molar-refractivity contribution is 6.30. The van der Waals surface area contributed by atoms with Gasteiger partial charge in [-0.05, 0) is 48.2 Å². The highest BCUT2D eigenvalue weighted by Gasteiger charge is 2.32. The molecule has 0 spiro atoms. The Labute approximate surface area is 200 Å². The van der Waals surface area contributed by atoms with Gasteiger partial charge in [-0.15, -0.1) is 11.6 Å². The molecule has 1 N–H and O–H groups in total. The summed E-state index contributed by atoms with van der Waals surface area (Å²) in [6, 6.07) is 13.8. The molecule has 1 aliphatic carbocycles. The maximum atomic E-state index is 13.6. The normalized spacial score (nSPS) is 15.5. The molecule has 7 heteroatoms. The van der Waals surface area contributed by atoms with E-state index in [0.29, 0.717) is 10.6 Å². The molecule has 0 aromatic heterocycles. The summed E-state index contributed by atoms with van der Waals surface area (Å²) in [5.41, 5.74) is 1.58. The summed E-state index contributed by atoms with van der Waals surface area (Å²) in [6.45, 7) is 0.251. The first-order chi connectivity index (χ1) is 15.5. The third-order valence-corrected chi connectivity index (χ3v) is 6.37. The van der Waals surface area contributed by atoms with Crippen molar-refractivity contribution in [2.75, 3.05) is 13.0 Å². The molecule has 2 aromatic carbocycles. The number of methoxy groups -OCH3 is 1. The van der Waals surface area contributed by atoms with Crippen LogP contribution < -0.4 is 10.1 Å². The second-order valence-electron chi connectivity index (χ2n) is 8.15. The third kappa shape index (κ3) is 6.63. The summed E-state index contributed by atoms with van der Waals surface area (Å²) < 4.78 is 5.23. The monoisotopic (exact) mass is 476 g/mol. The minimum atomic E-state index is -0.802. The van der Waals surface area contributed by atoms with Crippen LogP contribution in [0.3, 0.4) is 0 Å². The van der Waals surface area contributed by atoms with Crippen molar-refractivity contribution in [3.63, 3.8) is 0 Å². The molecule has 0 saturated heterocycles. The lowest BCUT2D eigenvalue weighted by molar-refractivity contribution is -0.140. The molecule has 5 nitrogen and oxygen atoms in total. The largest absolute Gasteiger partial charge is 0.497 e. The fraction of sp³-hybridized carbons (Fsp3) is 0.440. The highest BCUT2D eigenvalue weighted by Crippen LogP contribution is 2.27. The lowest BCUT2D eigenvalue weighted by Gasteiger charge is -2.32. The van der Waals surface area contributed by atoms with Gasteiger partial charge in [-0.25, -0.2) is 0 Å². The minimum absolute atomic E-state index is 0.119. The molecule has 0 radical (unpaired) electrons. The summed E-state index contributed by atoms with van der Waals surface area (Å²) in [5.74, 6) is 0.0192. The van der Waals surface area contributed by atoms with Crippen LogP contribution in [0.5, 0.6) is 5.75 Å². The average molecular weight is 477 g/mol. The van der Waals surface area contributed by atoms with E-state index in [-0.39, 0.29) is 30.3 Å². The number of nitrogens with zero attached hydrogens (tertiary/aromatic N) is 1. The fourth-order valence-electron chi connectivity index (χ4n) is 4.15. The Morgan fingerprint density at radius 2 is 1.66 bits per heavy atom. The Kier molecular flexibility index (Phi) is 9.24. The first-order valence-corrected chi connectivity index (χ1v) is 12.0. The second kappa shape index (κ2) is 12.1. The van der Waals surface area contributed by atoms with E-state index in [1.54, 1.807) is 36.3 Å². The van der Waals surface area contributed by atoms with E-state index in [9.17, 15) is 9.59 Å². The van der Waals surface area contributed by atoms with Gasteiger partial charge in [0.2, 0.25) is 11.8 Å². The van der Waals surface area contributed by atoms with Crippen molar-refractivity contribution in [3.8, 4) is 5.75 Å². The fourth-order valence-corrected chi connectivity index (χ4v) is 4.43. The lowest BCUT2D eigenvalue weighted by Crippen LogP contribution is -2.46. The first-order valence-electron chi connectivity index (χ1n) is 11.1. The number of nitrogens with one attached hydrogen (secondary N) is 1. The topological polar surface area (TPSA) is 58.6 Å². The predicted octanol–water partition coefficient (Wildman–Crippen LogP) is 5.50. The summed E-state index contributed by atoms with van der Waals surface area (Å²) in [7, 11) is 1.60. The minimum Gasteiger partial charge on any atom is -0.497 e. The Bertz CT molecular complexity index is 879. The second-order valence-corrected chi connectivity index (χ2v) is 8.86. The van der Waals surface area contributed by atoms with Crippen molar-refractivity contribution in [2.45, 2.75) is 57.2 Å². The van der Waals surface area contributed by atoms with E-state index in [1.807, 2.05) is 24.3 Å². The number of carbonyl (C=O) groups is 2. The zero-order chi connectivity index (χ0) is 22.9. The van der Waals surface area contributed by atoms with E-state index in [2.05, 4.69) is 5.32 Å². The van der Waals surface area contributed by atoms with Crippen LogP contribution in [0.15, 0.2) is 48.5 Å². The maximum Gasteiger partial charge on any atom is 0.247 e. The zero-order valence-electron chi connectivity index (χ0n) is 18.4. The van der Waals surface area contributed by atoms with Gasteiger partial charge >= 0.3 is 0 Å². The number of amides is 2. The van der Waals surface area contributed by atoms with E-state index >= 15 is 0 Å². The molecule has 1 atom stereocenters. The van der Waals surface area contributed by atoms with E-state index in [4.69, 9.17) is 27.9 Å². The number of rotatable bonds is 8. The molecule has 0 bridgehead atoms. The molecular weight excluding hydrogens is 447 g/mol. The standard InChI is InChI=1S/C25H30Cl2N2O3/c1-32-22-14-8-18(9-15-22)17-29(23(30)16-26)24(19-10-12-20(27)13-11-19)25(31)28-21-6-4-2-3-5-7-21/h8-15,21,24H,2-7,16-17H2,1H3,(H,28,31). The van der Waals surface area contributed by atoms with Crippen molar-refractivity contribution in [3.05, 3.63) is 64.7 Å². The molecule has 3 rings (SSSR count). The van der Waals surface area contributed by atoms with Crippen LogP contribution in [-0.4, -0.2) is 35.7 Å². The Hall–Kier alpha value is -2.24. The Balaban J connectivity index is 1.91. The SMILES string of the molecule is COc1ccc(CN(C(=O)CCl)C(C(=O)NC2CCCCCC2)c2ccc(Cl)cc2)cc1. The number of hydrogen-bond donors (Lipinski definition) is 1. The molecule has 1 aliphatic rings. The van der Waals surface area contributed by atoms with Gasteiger partial charge in [-0.2, -0.15) is 0 Å². The number of ether oxygens (including phenoxy) is 1. The number of benzene rings is 2. The van der Waals surface area contributed by atoms with Crippen LogP contribution in [-0.2, 0) is 16.1 Å². The Morgan fingerprint density at radius 1 is 1.03 bits per heavy atom. The van der Waals surface area contributed by atoms with Crippen LogP contribution in [0.2, 0.25) is 5.02 Å². The highest BCUT2D eigenvalue weighted by atomic mass is 35.5. The molecule has 1 fully saturated rings. The molecule has 172 valence electrons. The summed E-state index contributed by atoms with van der Waals surface area (Å²) >= 11 is 12.1. The van der Waals surface area contributed by atoms with Gasteiger partial charge in [0.1, 0.15) is 17.7 Å². The van der Waals surface area contributed by atoms with Crippen molar-refractivity contribution >= 4 is 35.0 Å². The van der Waals surface area contributed by atoms with Crippen LogP contribution in [0.25, 0.3) is 0 Å². The number of hydrogen-bond acceptors (Lipinski definition) is 3. The molecule has 1 saturated carbocycles. The Morgan fingerprint density at radius 3 is 2.22 bits per heavy atom. The predicted molar refractivity (Wildman–Crippen MR) is 128 cm³/mol. The van der Waals surface area contributed by atoms with Gasteiger partial charge in [0, 0.05) is 17.6 Å². The van der Waals surface area contributed by atoms with Crippen LogP contribution in [0.1, 0.15) is 55.7 Å². The number of carbonyl (C=O) groups excluding carboxylic acids is 2. The molecule has 0 heterocycles. The molecule has 1 unspecified atom stereocenters. The first kappa shape index (κ1) is 24.4. The lowest BCUT2D eigenvalue weighted by atomic mass is 10.0. The van der Waals surface area contributed by atoms with Gasteiger partial charge in [0.15, 0.2) is 0 Å². The van der Waals surface area contributed by atoms with Crippen molar-refractivity contribution < 1.29 is 14.3 Å². The van der Waals surface area contributed by atoms with Gasteiger partial charge in [0.05, 0.1) is 7.11 Å². The molecule has 2 amide bonds. The van der Waals surface area contributed by atoms with Gasteiger partial charge in [-0.3, -0.25) is 9.59 Å². The molecule has 2 aromatic rings. The quantitative estimate of drug-likeness (QED) is 0.404. The van der Waals surface area contributed by atoms with E-state index in [0.717, 1.165) is 37.0 Å². The molecular formula is C25H30Cl2N2O3. The van der Waals surface area contributed by atoms with Crippen molar-refractivity contribution in [1.29, 1.82) is 0 Å². The maximum absolute atomic E-state index is 13.6. The van der Waals surface area contributed by atoms with Gasteiger partial charge in [0.25, 0.3) is 0 Å². The third-order valence-electron chi connectivity index (χ3n) is 5.89. The van der Waals surface area contributed by atoms with Gasteiger partial charge < -0.3 is 15.0 Å². The van der Waals surface area contributed by atoms with Crippen LogP contribution in [0.4, 0.5) is 0 Å². The summed E-state index contributed by atoms with van der Waals surface area (Å²) in [6.07, 6.45) is 6.52. The van der Waals surface area contributed by atoms with Crippen molar-refractivity contribution in [2.24, 2.45) is 0 Å². The smallest absolute Gasteiger partial charge is 0.247 e. The van der Waals surface area contributed by atoms with Crippen LogP contribution in [0, 0.1) is 0 Å². The summed E-state index contributed by atoms with van der Waals surface area (Å²) in [4.78, 5) is 28.0. The van der Waals surface area contributed by atoms with Gasteiger partial charge in [-0.1, -0.05) is 61.5 Å². The molecule has 0 aliphatic heterocycles.